The third kappa shape index (κ3) is 2.55. The summed E-state index contributed by atoms with van der Waals surface area (Å²) in [6, 6.07) is 6.00. The van der Waals surface area contributed by atoms with Crippen LogP contribution in [-0.4, -0.2) is 38.6 Å². The first-order chi connectivity index (χ1) is 8.22. The van der Waals surface area contributed by atoms with Gasteiger partial charge < -0.3 is 15.5 Å². The number of hydrogen-bond donors (Lipinski definition) is 2. The van der Waals surface area contributed by atoms with Gasteiger partial charge in [-0.2, -0.15) is 0 Å². The second-order valence-electron chi connectivity index (χ2n) is 4.03. The van der Waals surface area contributed by atoms with E-state index in [9.17, 15) is 9.18 Å². The number of nitrogens with zero attached hydrogens (tertiary/aromatic N) is 1. The van der Waals surface area contributed by atoms with Gasteiger partial charge in [0.1, 0.15) is 11.9 Å². The molecule has 1 aromatic carbocycles. The predicted octanol–water partition coefficient (Wildman–Crippen LogP) is 0.350. The summed E-state index contributed by atoms with van der Waals surface area (Å²) < 4.78 is 12.9. The lowest BCUT2D eigenvalue weighted by molar-refractivity contribution is -0.123. The topological polar surface area (TPSA) is 44.4 Å². The Kier molecular flexibility index (Phi) is 3.58. The van der Waals surface area contributed by atoms with E-state index in [1.165, 1.54) is 12.1 Å². The fourth-order valence-corrected chi connectivity index (χ4v) is 2.05. The standard InChI is InChI=1S/C12H16FN3O/c1-14-8-11-12(17)15-6-7-16(11)10-4-2-9(13)3-5-10/h2-5,11,14H,6-8H2,1H3,(H,15,17). The summed E-state index contributed by atoms with van der Waals surface area (Å²) in [6.45, 7) is 1.93. The van der Waals surface area contributed by atoms with E-state index >= 15 is 0 Å². The van der Waals surface area contributed by atoms with Crippen LogP contribution in [0, 0.1) is 5.82 Å². The largest absolute Gasteiger partial charge is 0.357 e. The van der Waals surface area contributed by atoms with Crippen molar-refractivity contribution in [1.82, 2.24) is 10.6 Å². The SMILES string of the molecule is CNCC1C(=O)NCCN1c1ccc(F)cc1. The van der Waals surface area contributed by atoms with E-state index in [1.807, 2.05) is 11.9 Å². The van der Waals surface area contributed by atoms with E-state index in [4.69, 9.17) is 0 Å². The van der Waals surface area contributed by atoms with E-state index < -0.39 is 0 Å². The summed E-state index contributed by atoms with van der Waals surface area (Å²) in [5.74, 6) is -0.254. The van der Waals surface area contributed by atoms with Crippen LogP contribution in [0.15, 0.2) is 24.3 Å². The lowest BCUT2D eigenvalue weighted by Gasteiger charge is -2.36. The number of carbonyl (C=O) groups excluding carboxylic acids is 1. The minimum Gasteiger partial charge on any atom is -0.357 e. The lowest BCUT2D eigenvalue weighted by atomic mass is 10.1. The quantitative estimate of drug-likeness (QED) is 0.797. The number of halogens is 1. The molecular formula is C12H16FN3O. The molecule has 17 heavy (non-hydrogen) atoms. The van der Waals surface area contributed by atoms with Crippen molar-refractivity contribution in [3.05, 3.63) is 30.1 Å². The maximum absolute atomic E-state index is 12.9. The third-order valence-corrected chi connectivity index (χ3v) is 2.89. The highest BCUT2D eigenvalue weighted by Gasteiger charge is 2.28. The van der Waals surface area contributed by atoms with Crippen LogP contribution in [0.2, 0.25) is 0 Å². The van der Waals surface area contributed by atoms with Gasteiger partial charge >= 0.3 is 0 Å². The summed E-state index contributed by atoms with van der Waals surface area (Å²) in [5.41, 5.74) is 0.876. The van der Waals surface area contributed by atoms with E-state index in [2.05, 4.69) is 10.6 Å². The number of hydrogen-bond acceptors (Lipinski definition) is 3. The van der Waals surface area contributed by atoms with Gasteiger partial charge in [0, 0.05) is 25.3 Å². The number of rotatable bonds is 3. The van der Waals surface area contributed by atoms with Crippen molar-refractivity contribution in [3.63, 3.8) is 0 Å². The second-order valence-corrected chi connectivity index (χ2v) is 4.03. The summed E-state index contributed by atoms with van der Waals surface area (Å²) in [4.78, 5) is 13.8. The first kappa shape index (κ1) is 11.9. The molecule has 1 atom stereocenters. The van der Waals surface area contributed by atoms with Crippen molar-refractivity contribution >= 4 is 11.6 Å². The minimum atomic E-state index is -0.264. The molecule has 1 fully saturated rings. The van der Waals surface area contributed by atoms with Gasteiger partial charge in [0.05, 0.1) is 0 Å². The Labute approximate surface area is 99.8 Å². The average Bonchev–Trinajstić information content (AvgIpc) is 2.33. The molecule has 1 amide bonds. The van der Waals surface area contributed by atoms with Crippen molar-refractivity contribution in [2.45, 2.75) is 6.04 Å². The number of likely N-dealkylation sites (N-methyl/N-ethyl adjacent to an activating group) is 1. The lowest BCUT2D eigenvalue weighted by Crippen LogP contribution is -2.58. The molecule has 1 aromatic rings. The molecule has 0 radical (unpaired) electrons. The van der Waals surface area contributed by atoms with E-state index in [1.54, 1.807) is 12.1 Å². The van der Waals surface area contributed by atoms with E-state index in [0.29, 0.717) is 13.1 Å². The molecule has 1 heterocycles. The highest BCUT2D eigenvalue weighted by molar-refractivity contribution is 5.86. The molecule has 4 nitrogen and oxygen atoms in total. The molecule has 0 aliphatic carbocycles. The molecule has 0 saturated carbocycles. The van der Waals surface area contributed by atoms with Gasteiger partial charge in [0.2, 0.25) is 5.91 Å². The maximum atomic E-state index is 12.9. The highest BCUT2D eigenvalue weighted by atomic mass is 19.1. The van der Waals surface area contributed by atoms with Crippen LogP contribution in [0.5, 0.6) is 0 Å². The van der Waals surface area contributed by atoms with Gasteiger partial charge in [-0.15, -0.1) is 0 Å². The second kappa shape index (κ2) is 5.14. The Morgan fingerprint density at radius 2 is 2.18 bits per heavy atom. The van der Waals surface area contributed by atoms with Gasteiger partial charge in [0.15, 0.2) is 0 Å². The summed E-state index contributed by atoms with van der Waals surface area (Å²) >= 11 is 0. The predicted molar refractivity (Wildman–Crippen MR) is 64.5 cm³/mol. The zero-order valence-corrected chi connectivity index (χ0v) is 9.74. The molecule has 0 bridgehead atoms. The number of amides is 1. The third-order valence-electron chi connectivity index (χ3n) is 2.89. The minimum absolute atomic E-state index is 0.00919. The first-order valence-electron chi connectivity index (χ1n) is 5.67. The Balaban J connectivity index is 2.21. The van der Waals surface area contributed by atoms with Gasteiger partial charge in [-0.1, -0.05) is 0 Å². The Morgan fingerprint density at radius 3 is 2.82 bits per heavy atom. The number of nitrogens with one attached hydrogen (secondary N) is 2. The smallest absolute Gasteiger partial charge is 0.244 e. The molecule has 1 aliphatic rings. The zero-order valence-electron chi connectivity index (χ0n) is 9.74. The first-order valence-corrected chi connectivity index (χ1v) is 5.67. The fraction of sp³-hybridized carbons (Fsp3) is 0.417. The molecule has 0 aromatic heterocycles. The molecule has 2 rings (SSSR count). The normalized spacial score (nSPS) is 20.2. The maximum Gasteiger partial charge on any atom is 0.244 e. The number of piperazine rings is 1. The van der Waals surface area contributed by atoms with Crippen molar-refractivity contribution in [3.8, 4) is 0 Å². The van der Waals surface area contributed by atoms with Crippen molar-refractivity contribution in [1.29, 1.82) is 0 Å². The van der Waals surface area contributed by atoms with Crippen LogP contribution < -0.4 is 15.5 Å². The van der Waals surface area contributed by atoms with Gasteiger partial charge in [-0.25, -0.2) is 4.39 Å². The number of carbonyl (C=O) groups is 1. The molecular weight excluding hydrogens is 221 g/mol. The molecule has 92 valence electrons. The Hall–Kier alpha value is -1.62. The zero-order chi connectivity index (χ0) is 12.3. The molecule has 2 N–H and O–H groups in total. The van der Waals surface area contributed by atoms with Gasteiger partial charge in [-0.3, -0.25) is 4.79 Å². The average molecular weight is 237 g/mol. The van der Waals surface area contributed by atoms with E-state index in [0.717, 1.165) is 12.2 Å². The molecule has 1 saturated heterocycles. The van der Waals surface area contributed by atoms with Crippen LogP contribution in [0.25, 0.3) is 0 Å². The van der Waals surface area contributed by atoms with Gasteiger partial charge in [-0.05, 0) is 31.3 Å². The van der Waals surface area contributed by atoms with Crippen molar-refractivity contribution in [2.75, 3.05) is 31.6 Å². The Bertz CT molecular complexity index is 393. The fourth-order valence-electron chi connectivity index (χ4n) is 2.05. The summed E-state index contributed by atoms with van der Waals surface area (Å²) in [7, 11) is 1.81. The van der Waals surface area contributed by atoms with E-state index in [-0.39, 0.29) is 17.8 Å². The van der Waals surface area contributed by atoms with Crippen LogP contribution in [0.1, 0.15) is 0 Å². The molecule has 1 aliphatic heterocycles. The number of anilines is 1. The van der Waals surface area contributed by atoms with Crippen LogP contribution in [0.4, 0.5) is 10.1 Å². The molecule has 1 unspecified atom stereocenters. The van der Waals surface area contributed by atoms with Crippen LogP contribution in [0.3, 0.4) is 0 Å². The molecule has 0 spiro atoms. The summed E-state index contributed by atoms with van der Waals surface area (Å²) in [6.07, 6.45) is 0. The van der Waals surface area contributed by atoms with Gasteiger partial charge in [0.25, 0.3) is 0 Å². The van der Waals surface area contributed by atoms with Crippen molar-refractivity contribution in [2.24, 2.45) is 0 Å². The highest BCUT2D eigenvalue weighted by Crippen LogP contribution is 2.18. The van der Waals surface area contributed by atoms with Crippen molar-refractivity contribution < 1.29 is 9.18 Å². The summed E-state index contributed by atoms with van der Waals surface area (Å²) in [5, 5.41) is 5.84. The Morgan fingerprint density at radius 1 is 1.47 bits per heavy atom. The van der Waals surface area contributed by atoms with Crippen LogP contribution >= 0.6 is 0 Å². The van der Waals surface area contributed by atoms with Crippen LogP contribution in [-0.2, 0) is 4.79 Å². The monoisotopic (exact) mass is 237 g/mol. The molecule has 5 heteroatoms. The number of benzene rings is 1.